The highest BCUT2D eigenvalue weighted by atomic mass is 79.9. The van der Waals surface area contributed by atoms with Crippen molar-refractivity contribution in [2.24, 2.45) is 0 Å². The Kier molecular flexibility index (Phi) is 4.00. The minimum Gasteiger partial charge on any atom is -0.366 e. The van der Waals surface area contributed by atoms with E-state index in [9.17, 15) is 0 Å². The lowest BCUT2D eigenvalue weighted by atomic mass is 10.2. The van der Waals surface area contributed by atoms with Gasteiger partial charge in [-0.25, -0.2) is 4.98 Å². The fourth-order valence-electron chi connectivity index (χ4n) is 0.856. The molecule has 0 fully saturated rings. The van der Waals surface area contributed by atoms with Crippen molar-refractivity contribution in [2.45, 2.75) is 26.3 Å². The van der Waals surface area contributed by atoms with E-state index in [4.69, 9.17) is 11.6 Å². The first-order valence-electron chi connectivity index (χ1n) is 4.21. The van der Waals surface area contributed by atoms with Crippen molar-refractivity contribution in [1.82, 2.24) is 4.98 Å². The fraction of sp³-hybridized carbons (Fsp3) is 0.444. The van der Waals surface area contributed by atoms with Crippen LogP contribution in [0.5, 0.6) is 0 Å². The molecular formula is C9H12BrClN2. The Balaban J connectivity index is 2.77. The Labute approximate surface area is 91.8 Å². The summed E-state index contributed by atoms with van der Waals surface area (Å²) < 4.78 is 0.896. The van der Waals surface area contributed by atoms with Crippen LogP contribution in [0.15, 0.2) is 16.7 Å². The molecule has 1 aromatic rings. The summed E-state index contributed by atoms with van der Waals surface area (Å²) in [5.74, 6) is 0.749. The maximum Gasteiger partial charge on any atom is 0.145 e. The zero-order chi connectivity index (χ0) is 9.84. The number of hydrogen-bond donors (Lipinski definition) is 1. The van der Waals surface area contributed by atoms with E-state index in [1.54, 1.807) is 6.20 Å². The maximum atomic E-state index is 5.98. The molecule has 0 amide bonds. The average Bonchev–Trinajstić information content (AvgIpc) is 2.09. The summed E-state index contributed by atoms with van der Waals surface area (Å²) in [6.45, 7) is 4.21. The van der Waals surface area contributed by atoms with Crippen LogP contribution in [-0.2, 0) is 0 Å². The number of aromatic nitrogens is 1. The van der Waals surface area contributed by atoms with Crippen LogP contribution < -0.4 is 5.32 Å². The summed E-state index contributed by atoms with van der Waals surface area (Å²) in [4.78, 5) is 4.18. The number of pyridine rings is 1. The normalized spacial score (nSPS) is 12.6. The van der Waals surface area contributed by atoms with Crippen LogP contribution in [0.2, 0.25) is 5.02 Å². The van der Waals surface area contributed by atoms with Crippen LogP contribution in [0.1, 0.15) is 20.3 Å². The van der Waals surface area contributed by atoms with Crippen LogP contribution in [0, 0.1) is 0 Å². The van der Waals surface area contributed by atoms with Crippen molar-refractivity contribution in [3.63, 3.8) is 0 Å². The second-order valence-electron chi connectivity index (χ2n) is 2.94. The van der Waals surface area contributed by atoms with Crippen LogP contribution in [0.4, 0.5) is 5.82 Å². The van der Waals surface area contributed by atoms with Gasteiger partial charge in [0, 0.05) is 16.7 Å². The molecule has 0 radical (unpaired) electrons. The van der Waals surface area contributed by atoms with Crippen molar-refractivity contribution in [3.05, 3.63) is 21.8 Å². The van der Waals surface area contributed by atoms with Crippen LogP contribution in [0.3, 0.4) is 0 Å². The summed E-state index contributed by atoms with van der Waals surface area (Å²) in [6.07, 6.45) is 2.78. The minimum atomic E-state index is 0.395. The monoisotopic (exact) mass is 262 g/mol. The van der Waals surface area contributed by atoms with Gasteiger partial charge in [-0.1, -0.05) is 18.5 Å². The smallest absolute Gasteiger partial charge is 0.145 e. The molecule has 1 rings (SSSR count). The van der Waals surface area contributed by atoms with Gasteiger partial charge in [-0.3, -0.25) is 0 Å². The van der Waals surface area contributed by atoms with E-state index < -0.39 is 0 Å². The number of nitrogens with zero attached hydrogens (tertiary/aromatic N) is 1. The Morgan fingerprint density at radius 1 is 1.69 bits per heavy atom. The first-order chi connectivity index (χ1) is 6.13. The number of nitrogens with one attached hydrogen (secondary N) is 1. The summed E-state index contributed by atoms with van der Waals surface area (Å²) >= 11 is 9.28. The number of hydrogen-bond acceptors (Lipinski definition) is 2. The van der Waals surface area contributed by atoms with Crippen molar-refractivity contribution in [3.8, 4) is 0 Å². The first-order valence-corrected chi connectivity index (χ1v) is 5.38. The molecule has 0 aliphatic carbocycles. The van der Waals surface area contributed by atoms with Crippen LogP contribution in [0.25, 0.3) is 0 Å². The summed E-state index contributed by atoms with van der Waals surface area (Å²) in [7, 11) is 0. The summed E-state index contributed by atoms with van der Waals surface area (Å²) in [5.41, 5.74) is 0. The molecule has 1 atom stereocenters. The van der Waals surface area contributed by atoms with Gasteiger partial charge in [0.15, 0.2) is 0 Å². The van der Waals surface area contributed by atoms with E-state index in [0.717, 1.165) is 16.7 Å². The molecule has 13 heavy (non-hydrogen) atoms. The second-order valence-corrected chi connectivity index (χ2v) is 4.26. The van der Waals surface area contributed by atoms with E-state index in [0.29, 0.717) is 11.1 Å². The van der Waals surface area contributed by atoms with E-state index in [2.05, 4.69) is 40.1 Å². The number of rotatable bonds is 3. The van der Waals surface area contributed by atoms with Crippen molar-refractivity contribution in [1.29, 1.82) is 0 Å². The second kappa shape index (κ2) is 4.82. The molecule has 0 aliphatic rings. The third-order valence-electron chi connectivity index (χ3n) is 1.80. The van der Waals surface area contributed by atoms with Gasteiger partial charge in [-0.05, 0) is 35.3 Å². The highest BCUT2D eigenvalue weighted by Crippen LogP contribution is 2.23. The molecule has 1 unspecified atom stereocenters. The maximum absolute atomic E-state index is 5.98. The van der Waals surface area contributed by atoms with Gasteiger partial charge in [0.1, 0.15) is 5.82 Å². The van der Waals surface area contributed by atoms with Gasteiger partial charge < -0.3 is 5.32 Å². The highest BCUT2D eigenvalue weighted by Gasteiger charge is 2.04. The Morgan fingerprint density at radius 3 is 2.92 bits per heavy atom. The standard InChI is InChI=1S/C9H12BrClN2/c1-3-6(2)13-9-8(11)4-7(10)5-12-9/h4-6H,3H2,1-2H3,(H,12,13). The van der Waals surface area contributed by atoms with Gasteiger partial charge in [0.25, 0.3) is 0 Å². The topological polar surface area (TPSA) is 24.9 Å². The Morgan fingerprint density at radius 2 is 2.38 bits per heavy atom. The van der Waals surface area contributed by atoms with Gasteiger partial charge in [0.05, 0.1) is 5.02 Å². The quantitative estimate of drug-likeness (QED) is 0.899. The zero-order valence-corrected chi connectivity index (χ0v) is 9.98. The molecule has 2 nitrogen and oxygen atoms in total. The van der Waals surface area contributed by atoms with Crippen LogP contribution >= 0.6 is 27.5 Å². The number of halogens is 2. The minimum absolute atomic E-state index is 0.395. The lowest BCUT2D eigenvalue weighted by Gasteiger charge is -2.12. The third-order valence-corrected chi connectivity index (χ3v) is 2.53. The lowest BCUT2D eigenvalue weighted by Crippen LogP contribution is -2.14. The van der Waals surface area contributed by atoms with E-state index in [1.807, 2.05) is 6.07 Å². The van der Waals surface area contributed by atoms with E-state index >= 15 is 0 Å². The predicted octanol–water partition coefficient (Wildman–Crippen LogP) is 3.71. The lowest BCUT2D eigenvalue weighted by molar-refractivity contribution is 0.759. The molecule has 0 saturated carbocycles. The molecule has 1 aromatic heterocycles. The zero-order valence-electron chi connectivity index (χ0n) is 7.64. The molecule has 0 aliphatic heterocycles. The average molecular weight is 264 g/mol. The molecule has 72 valence electrons. The van der Waals surface area contributed by atoms with E-state index in [-0.39, 0.29) is 0 Å². The van der Waals surface area contributed by atoms with E-state index in [1.165, 1.54) is 0 Å². The Hall–Kier alpha value is -0.280. The molecule has 4 heteroatoms. The number of anilines is 1. The van der Waals surface area contributed by atoms with Gasteiger partial charge >= 0.3 is 0 Å². The molecule has 0 aromatic carbocycles. The van der Waals surface area contributed by atoms with Crippen LogP contribution in [-0.4, -0.2) is 11.0 Å². The summed E-state index contributed by atoms with van der Waals surface area (Å²) in [5, 5.41) is 3.87. The molecule has 0 spiro atoms. The van der Waals surface area contributed by atoms with Gasteiger partial charge in [-0.2, -0.15) is 0 Å². The predicted molar refractivity (Wildman–Crippen MR) is 60.3 cm³/mol. The fourth-order valence-corrected chi connectivity index (χ4v) is 1.54. The first kappa shape index (κ1) is 10.8. The molecule has 1 heterocycles. The largest absolute Gasteiger partial charge is 0.366 e. The van der Waals surface area contributed by atoms with Gasteiger partial charge in [-0.15, -0.1) is 0 Å². The molecule has 0 saturated heterocycles. The van der Waals surface area contributed by atoms with Crippen molar-refractivity contribution < 1.29 is 0 Å². The Bertz CT molecular complexity index is 291. The SMILES string of the molecule is CCC(C)Nc1ncc(Br)cc1Cl. The molecular weight excluding hydrogens is 251 g/mol. The third kappa shape index (κ3) is 3.16. The van der Waals surface area contributed by atoms with Gasteiger partial charge in [0.2, 0.25) is 0 Å². The summed E-state index contributed by atoms with van der Waals surface area (Å²) in [6, 6.07) is 2.23. The molecule has 1 N–H and O–H groups in total. The molecule has 0 bridgehead atoms. The van der Waals surface area contributed by atoms with Crippen molar-refractivity contribution in [2.75, 3.05) is 5.32 Å². The highest BCUT2D eigenvalue weighted by molar-refractivity contribution is 9.10. The van der Waals surface area contributed by atoms with Crippen molar-refractivity contribution >= 4 is 33.3 Å².